The van der Waals surface area contributed by atoms with E-state index < -0.39 is 0 Å². The smallest absolute Gasteiger partial charge is 0.252 e. The summed E-state index contributed by atoms with van der Waals surface area (Å²) in [7, 11) is 0. The van der Waals surface area contributed by atoms with Crippen molar-refractivity contribution in [3.63, 3.8) is 0 Å². The maximum atomic E-state index is 12.8. The van der Waals surface area contributed by atoms with E-state index in [0.29, 0.717) is 23.8 Å². The van der Waals surface area contributed by atoms with E-state index in [2.05, 4.69) is 11.4 Å². The molecule has 1 aliphatic carbocycles. The number of carbonyl (C=O) groups is 2. The zero-order valence-electron chi connectivity index (χ0n) is 16.2. The molecule has 7 heteroatoms. The lowest BCUT2D eigenvalue weighted by atomic mass is 10.1. The van der Waals surface area contributed by atoms with Crippen LogP contribution in [0.4, 0.5) is 5.69 Å². The second kappa shape index (κ2) is 9.65. The number of amides is 2. The largest absolute Gasteiger partial charge is 0.348 e. The van der Waals surface area contributed by atoms with Crippen molar-refractivity contribution in [1.29, 1.82) is 0 Å². The molecule has 1 atom stereocenters. The lowest BCUT2D eigenvalue weighted by Gasteiger charge is -2.19. The van der Waals surface area contributed by atoms with Crippen LogP contribution in [0.1, 0.15) is 28.8 Å². The van der Waals surface area contributed by atoms with Gasteiger partial charge >= 0.3 is 0 Å². The van der Waals surface area contributed by atoms with Crippen molar-refractivity contribution in [2.45, 2.75) is 30.2 Å². The van der Waals surface area contributed by atoms with Crippen LogP contribution in [-0.2, 0) is 11.2 Å². The maximum absolute atomic E-state index is 12.8. The summed E-state index contributed by atoms with van der Waals surface area (Å²) in [4.78, 5) is 28.2. The van der Waals surface area contributed by atoms with E-state index in [9.17, 15) is 9.59 Å². The summed E-state index contributed by atoms with van der Waals surface area (Å²) in [6.45, 7) is 1.18. The number of hydrogen-bond acceptors (Lipinski definition) is 4. The van der Waals surface area contributed by atoms with Crippen molar-refractivity contribution >= 4 is 41.7 Å². The first-order chi connectivity index (χ1) is 13.7. The minimum atomic E-state index is -0.107. The number of thioether (sulfide) groups is 1. The van der Waals surface area contributed by atoms with Gasteiger partial charge < -0.3 is 16.0 Å². The Morgan fingerprint density at radius 2 is 1.86 bits per heavy atom. The molecule has 5 nitrogen and oxygen atoms in total. The van der Waals surface area contributed by atoms with Crippen LogP contribution in [0.2, 0.25) is 0 Å². The average molecular weight is 432 g/mol. The molecule has 2 aromatic rings. The van der Waals surface area contributed by atoms with Gasteiger partial charge in [0.15, 0.2) is 0 Å². The Morgan fingerprint density at radius 3 is 2.62 bits per heavy atom. The van der Waals surface area contributed by atoms with Crippen molar-refractivity contribution < 1.29 is 9.59 Å². The van der Waals surface area contributed by atoms with E-state index in [1.54, 1.807) is 0 Å². The van der Waals surface area contributed by atoms with Gasteiger partial charge in [0.05, 0.1) is 11.3 Å². The highest BCUT2D eigenvalue weighted by atomic mass is 35.5. The maximum Gasteiger partial charge on any atom is 0.252 e. The minimum absolute atomic E-state index is 0. The van der Waals surface area contributed by atoms with Crippen molar-refractivity contribution in [2.75, 3.05) is 23.7 Å². The molecule has 2 amide bonds. The molecule has 1 unspecified atom stereocenters. The number of rotatable bonds is 7. The van der Waals surface area contributed by atoms with Gasteiger partial charge in [0.1, 0.15) is 0 Å². The summed E-state index contributed by atoms with van der Waals surface area (Å²) in [5, 5.41) is 3.07. The molecule has 0 aromatic heterocycles. The fraction of sp³-hybridized carbons (Fsp3) is 0.364. The van der Waals surface area contributed by atoms with Gasteiger partial charge in [0, 0.05) is 29.7 Å². The normalized spacial score (nSPS) is 16.0. The molecule has 0 radical (unpaired) electrons. The summed E-state index contributed by atoms with van der Waals surface area (Å²) in [6, 6.07) is 15.5. The Kier molecular flexibility index (Phi) is 7.22. The number of halogens is 1. The van der Waals surface area contributed by atoms with Crippen LogP contribution >= 0.6 is 24.2 Å². The van der Waals surface area contributed by atoms with Gasteiger partial charge in [-0.1, -0.05) is 30.3 Å². The second-order valence-electron chi connectivity index (χ2n) is 7.36. The molecular formula is C22H26ClN3O2S. The lowest BCUT2D eigenvalue weighted by Crippen LogP contribution is -2.41. The van der Waals surface area contributed by atoms with Crippen LogP contribution in [0.15, 0.2) is 53.4 Å². The Bertz CT molecular complexity index is 888. The van der Waals surface area contributed by atoms with E-state index in [4.69, 9.17) is 5.73 Å². The van der Waals surface area contributed by atoms with Gasteiger partial charge in [-0.3, -0.25) is 9.59 Å². The summed E-state index contributed by atoms with van der Waals surface area (Å²) in [6.07, 6.45) is 3.15. The Balaban J connectivity index is 0.00000240. The number of nitrogens with zero attached hydrogens (tertiary/aromatic N) is 1. The molecule has 0 spiro atoms. The Morgan fingerprint density at radius 1 is 1.14 bits per heavy atom. The molecule has 0 saturated heterocycles. The molecule has 1 saturated carbocycles. The molecule has 4 rings (SSSR count). The highest BCUT2D eigenvalue weighted by Crippen LogP contribution is 2.33. The van der Waals surface area contributed by atoms with E-state index in [1.165, 1.54) is 17.3 Å². The van der Waals surface area contributed by atoms with Gasteiger partial charge in [-0.05, 0) is 48.9 Å². The van der Waals surface area contributed by atoms with E-state index in [-0.39, 0.29) is 30.3 Å². The van der Waals surface area contributed by atoms with Gasteiger partial charge in [-0.15, -0.1) is 24.2 Å². The molecule has 1 fully saturated rings. The number of fused-ring (bicyclic) bond motifs is 1. The van der Waals surface area contributed by atoms with E-state index >= 15 is 0 Å². The summed E-state index contributed by atoms with van der Waals surface area (Å²) in [5.74, 6) is 0.777. The van der Waals surface area contributed by atoms with Crippen LogP contribution in [0.3, 0.4) is 0 Å². The predicted octanol–water partition coefficient (Wildman–Crippen LogP) is 3.26. The fourth-order valence-electron chi connectivity index (χ4n) is 3.71. The number of hydrogen-bond donors (Lipinski definition) is 2. The predicted molar refractivity (Wildman–Crippen MR) is 120 cm³/mol. The van der Waals surface area contributed by atoms with Crippen molar-refractivity contribution in [3.8, 4) is 0 Å². The van der Waals surface area contributed by atoms with Crippen molar-refractivity contribution in [2.24, 2.45) is 11.7 Å². The standard InChI is InChI=1S/C22H25N3O2S.ClH/c23-13-18(15-9-10-15)24-22(27)17-6-2-4-8-20(17)28-14-21(26)25-12-11-16-5-1-3-7-19(16)25;/h1-8,15,18H,9-14,23H2,(H,24,27);1H. The molecular weight excluding hydrogens is 406 g/mol. The number of nitrogens with two attached hydrogens (primary N) is 1. The SMILES string of the molecule is Cl.NCC(NC(=O)c1ccccc1SCC(=O)N1CCc2ccccc21)C1CC1. The van der Waals surface area contributed by atoms with Gasteiger partial charge in [-0.25, -0.2) is 0 Å². The van der Waals surface area contributed by atoms with E-state index in [0.717, 1.165) is 36.4 Å². The minimum Gasteiger partial charge on any atom is -0.348 e. The number of nitrogens with one attached hydrogen (secondary N) is 1. The Labute approximate surface area is 181 Å². The summed E-state index contributed by atoms with van der Waals surface area (Å²) < 4.78 is 0. The van der Waals surface area contributed by atoms with Gasteiger partial charge in [0.2, 0.25) is 5.91 Å². The first-order valence-electron chi connectivity index (χ1n) is 9.78. The summed E-state index contributed by atoms with van der Waals surface area (Å²) in [5.41, 5.74) is 8.65. The van der Waals surface area contributed by atoms with Gasteiger partial charge in [0.25, 0.3) is 5.91 Å². The third-order valence-corrected chi connectivity index (χ3v) is 6.49. The topological polar surface area (TPSA) is 75.4 Å². The number of anilines is 1. The quantitative estimate of drug-likeness (QED) is 0.660. The molecule has 2 aliphatic rings. The Hall–Kier alpha value is -2.02. The lowest BCUT2D eigenvalue weighted by molar-refractivity contribution is -0.116. The number of carbonyl (C=O) groups excluding carboxylic acids is 2. The molecule has 1 aliphatic heterocycles. The first-order valence-corrected chi connectivity index (χ1v) is 10.8. The zero-order chi connectivity index (χ0) is 19.5. The molecule has 1 heterocycles. The number of para-hydroxylation sites is 1. The summed E-state index contributed by atoms with van der Waals surface area (Å²) >= 11 is 1.42. The van der Waals surface area contributed by atoms with Crippen LogP contribution in [0.25, 0.3) is 0 Å². The number of benzene rings is 2. The molecule has 29 heavy (non-hydrogen) atoms. The molecule has 3 N–H and O–H groups in total. The highest BCUT2D eigenvalue weighted by molar-refractivity contribution is 8.00. The third kappa shape index (κ3) is 4.94. The fourth-order valence-corrected chi connectivity index (χ4v) is 4.63. The average Bonchev–Trinajstić information content (AvgIpc) is 3.48. The van der Waals surface area contributed by atoms with Crippen LogP contribution in [0.5, 0.6) is 0 Å². The van der Waals surface area contributed by atoms with Crippen LogP contribution in [-0.4, -0.2) is 36.7 Å². The second-order valence-corrected chi connectivity index (χ2v) is 8.38. The molecule has 2 aromatic carbocycles. The molecule has 154 valence electrons. The highest BCUT2D eigenvalue weighted by Gasteiger charge is 2.32. The van der Waals surface area contributed by atoms with Crippen molar-refractivity contribution in [3.05, 3.63) is 59.7 Å². The van der Waals surface area contributed by atoms with Crippen molar-refractivity contribution in [1.82, 2.24) is 5.32 Å². The van der Waals surface area contributed by atoms with Gasteiger partial charge in [-0.2, -0.15) is 0 Å². The van der Waals surface area contributed by atoms with Crippen LogP contribution < -0.4 is 16.0 Å². The third-order valence-electron chi connectivity index (χ3n) is 5.43. The zero-order valence-corrected chi connectivity index (χ0v) is 17.8. The first kappa shape index (κ1) is 21.7. The van der Waals surface area contributed by atoms with Crippen LogP contribution in [0, 0.1) is 5.92 Å². The monoisotopic (exact) mass is 431 g/mol. The van der Waals surface area contributed by atoms with E-state index in [1.807, 2.05) is 47.4 Å². The molecule has 0 bridgehead atoms.